The number of thioether (sulfide) groups is 1. The van der Waals surface area contributed by atoms with Crippen LogP contribution in [0.15, 0.2) is 59.5 Å². The Morgan fingerprint density at radius 3 is 2.73 bits per heavy atom. The van der Waals surface area contributed by atoms with Gasteiger partial charge in [0.1, 0.15) is 5.75 Å². The first-order valence-electron chi connectivity index (χ1n) is 7.15. The Balaban J connectivity index is 1.64. The second-order valence-electron chi connectivity index (χ2n) is 5.33. The summed E-state index contributed by atoms with van der Waals surface area (Å²) in [5.74, 6) is 0.187. The molecule has 3 rings (SSSR count). The van der Waals surface area contributed by atoms with E-state index in [0.29, 0.717) is 0 Å². The molecule has 112 valence electrons. The van der Waals surface area contributed by atoms with E-state index < -0.39 is 0 Å². The van der Waals surface area contributed by atoms with E-state index in [9.17, 15) is 9.90 Å². The SMILES string of the molecule is Cc1ccc(NC(=O)C2=CCC(c3cccc(O)c3)S2)cc1. The third-order valence-electron chi connectivity index (χ3n) is 3.56. The van der Waals surface area contributed by atoms with Crippen LogP contribution in [0.25, 0.3) is 0 Å². The molecule has 1 aliphatic heterocycles. The summed E-state index contributed by atoms with van der Waals surface area (Å²) in [4.78, 5) is 13.0. The maximum atomic E-state index is 12.3. The molecule has 0 spiro atoms. The molecular weight excluding hydrogens is 294 g/mol. The van der Waals surface area contributed by atoms with Crippen molar-refractivity contribution in [2.24, 2.45) is 0 Å². The highest BCUT2D eigenvalue weighted by molar-refractivity contribution is 8.04. The molecule has 0 aliphatic carbocycles. The molecule has 0 aromatic heterocycles. The van der Waals surface area contributed by atoms with Gasteiger partial charge in [-0.1, -0.05) is 35.9 Å². The van der Waals surface area contributed by atoms with Crippen LogP contribution >= 0.6 is 11.8 Å². The van der Waals surface area contributed by atoms with Crippen LogP contribution in [0.5, 0.6) is 5.75 Å². The van der Waals surface area contributed by atoms with Gasteiger partial charge in [0.2, 0.25) is 0 Å². The lowest BCUT2D eigenvalue weighted by atomic mass is 10.1. The maximum Gasteiger partial charge on any atom is 0.261 e. The highest BCUT2D eigenvalue weighted by Gasteiger charge is 2.24. The van der Waals surface area contributed by atoms with Gasteiger partial charge in [0.15, 0.2) is 0 Å². The van der Waals surface area contributed by atoms with Crippen LogP contribution in [-0.2, 0) is 4.79 Å². The van der Waals surface area contributed by atoms with Crippen molar-refractivity contribution in [1.82, 2.24) is 0 Å². The number of carbonyl (C=O) groups is 1. The zero-order chi connectivity index (χ0) is 15.5. The van der Waals surface area contributed by atoms with E-state index in [-0.39, 0.29) is 16.9 Å². The molecule has 1 unspecified atom stereocenters. The van der Waals surface area contributed by atoms with Crippen molar-refractivity contribution in [2.45, 2.75) is 18.6 Å². The Kier molecular flexibility index (Phi) is 4.20. The molecule has 1 amide bonds. The average molecular weight is 311 g/mol. The summed E-state index contributed by atoms with van der Waals surface area (Å²) in [6, 6.07) is 15.0. The minimum atomic E-state index is -0.0727. The van der Waals surface area contributed by atoms with Crippen molar-refractivity contribution in [3.63, 3.8) is 0 Å². The minimum Gasteiger partial charge on any atom is -0.508 e. The molecule has 1 aliphatic rings. The lowest BCUT2D eigenvalue weighted by Crippen LogP contribution is -2.11. The summed E-state index contributed by atoms with van der Waals surface area (Å²) in [6.07, 6.45) is 2.76. The average Bonchev–Trinajstić information content (AvgIpc) is 3.00. The Bertz CT molecular complexity index is 722. The van der Waals surface area contributed by atoms with Gasteiger partial charge >= 0.3 is 0 Å². The van der Waals surface area contributed by atoms with Crippen LogP contribution in [0.4, 0.5) is 5.69 Å². The number of hydrogen-bond donors (Lipinski definition) is 2. The van der Waals surface area contributed by atoms with Gasteiger partial charge < -0.3 is 10.4 Å². The zero-order valence-electron chi connectivity index (χ0n) is 12.2. The van der Waals surface area contributed by atoms with Gasteiger partial charge in [-0.05, 0) is 43.2 Å². The second kappa shape index (κ2) is 6.28. The van der Waals surface area contributed by atoms with Crippen LogP contribution in [0.2, 0.25) is 0 Å². The molecule has 2 N–H and O–H groups in total. The largest absolute Gasteiger partial charge is 0.508 e. The molecule has 0 saturated carbocycles. The van der Waals surface area contributed by atoms with Crippen molar-refractivity contribution in [3.05, 3.63) is 70.6 Å². The number of phenols is 1. The molecular formula is C18H17NO2S. The lowest BCUT2D eigenvalue weighted by molar-refractivity contribution is -0.112. The quantitative estimate of drug-likeness (QED) is 0.883. The molecule has 2 aromatic carbocycles. The summed E-state index contributed by atoms with van der Waals surface area (Å²) >= 11 is 1.54. The highest BCUT2D eigenvalue weighted by atomic mass is 32.2. The van der Waals surface area contributed by atoms with E-state index in [1.165, 1.54) is 0 Å². The van der Waals surface area contributed by atoms with Crippen LogP contribution in [0, 0.1) is 6.92 Å². The fourth-order valence-electron chi connectivity index (χ4n) is 2.37. The first kappa shape index (κ1) is 14.7. The standard InChI is InChI=1S/C18H17NO2S/c1-12-5-7-14(8-6-12)19-18(21)17-10-9-16(22-17)13-3-2-4-15(20)11-13/h2-8,10-11,16,20H,9H2,1H3,(H,19,21). The summed E-state index contributed by atoms with van der Waals surface area (Å²) in [5.41, 5.74) is 3.01. The molecule has 1 atom stereocenters. The van der Waals surface area contributed by atoms with E-state index >= 15 is 0 Å². The Labute approximate surface area is 134 Å². The van der Waals surface area contributed by atoms with E-state index in [1.807, 2.05) is 49.4 Å². The van der Waals surface area contributed by atoms with Crippen LogP contribution in [0.3, 0.4) is 0 Å². The molecule has 3 nitrogen and oxygen atoms in total. The van der Waals surface area contributed by atoms with E-state index in [1.54, 1.807) is 23.9 Å². The smallest absolute Gasteiger partial charge is 0.261 e. The van der Waals surface area contributed by atoms with E-state index in [2.05, 4.69) is 5.32 Å². The molecule has 4 heteroatoms. The minimum absolute atomic E-state index is 0.0727. The number of allylic oxidation sites excluding steroid dienone is 1. The number of aromatic hydroxyl groups is 1. The van der Waals surface area contributed by atoms with Crippen molar-refractivity contribution in [1.29, 1.82) is 0 Å². The van der Waals surface area contributed by atoms with E-state index in [0.717, 1.165) is 28.1 Å². The number of benzene rings is 2. The van der Waals surface area contributed by atoms with Crippen LogP contribution in [-0.4, -0.2) is 11.0 Å². The predicted molar refractivity (Wildman–Crippen MR) is 90.9 cm³/mol. The molecule has 0 fully saturated rings. The highest BCUT2D eigenvalue weighted by Crippen LogP contribution is 2.44. The summed E-state index contributed by atoms with van der Waals surface area (Å²) in [5, 5.41) is 12.7. The molecule has 0 radical (unpaired) electrons. The van der Waals surface area contributed by atoms with Gasteiger partial charge in [0, 0.05) is 10.9 Å². The van der Waals surface area contributed by atoms with Gasteiger partial charge in [-0.15, -0.1) is 11.8 Å². The third-order valence-corrected chi connectivity index (χ3v) is 4.92. The van der Waals surface area contributed by atoms with E-state index in [4.69, 9.17) is 0 Å². The van der Waals surface area contributed by atoms with Gasteiger partial charge in [0.25, 0.3) is 5.91 Å². The maximum absolute atomic E-state index is 12.3. The molecule has 0 saturated heterocycles. The summed E-state index contributed by atoms with van der Waals surface area (Å²) < 4.78 is 0. The number of rotatable bonds is 3. The van der Waals surface area contributed by atoms with Crippen molar-refractivity contribution >= 4 is 23.4 Å². The fraction of sp³-hybridized carbons (Fsp3) is 0.167. The third kappa shape index (κ3) is 3.34. The van der Waals surface area contributed by atoms with Gasteiger partial charge in [-0.3, -0.25) is 4.79 Å². The molecule has 1 heterocycles. The molecule has 22 heavy (non-hydrogen) atoms. The van der Waals surface area contributed by atoms with Crippen molar-refractivity contribution in [3.8, 4) is 5.75 Å². The first-order valence-corrected chi connectivity index (χ1v) is 8.03. The number of carbonyl (C=O) groups excluding carboxylic acids is 1. The monoisotopic (exact) mass is 311 g/mol. The Morgan fingerprint density at radius 2 is 2.00 bits per heavy atom. The molecule has 2 aromatic rings. The number of anilines is 1. The summed E-state index contributed by atoms with van der Waals surface area (Å²) in [6.45, 7) is 2.01. The van der Waals surface area contributed by atoms with Crippen LogP contribution < -0.4 is 5.32 Å². The predicted octanol–water partition coefficient (Wildman–Crippen LogP) is 4.40. The normalized spacial score (nSPS) is 17.1. The Hall–Kier alpha value is -2.20. The topological polar surface area (TPSA) is 49.3 Å². The van der Waals surface area contributed by atoms with Gasteiger partial charge in [-0.2, -0.15) is 0 Å². The summed E-state index contributed by atoms with van der Waals surface area (Å²) in [7, 11) is 0. The second-order valence-corrected chi connectivity index (χ2v) is 6.57. The fourth-order valence-corrected chi connectivity index (χ4v) is 3.50. The number of aryl methyl sites for hydroxylation is 1. The van der Waals surface area contributed by atoms with Crippen molar-refractivity contribution in [2.75, 3.05) is 5.32 Å². The number of nitrogens with one attached hydrogen (secondary N) is 1. The Morgan fingerprint density at radius 1 is 1.23 bits per heavy atom. The number of hydrogen-bond acceptors (Lipinski definition) is 3. The lowest BCUT2D eigenvalue weighted by Gasteiger charge is -2.11. The zero-order valence-corrected chi connectivity index (χ0v) is 13.1. The number of phenolic OH excluding ortho intramolecular Hbond substituents is 1. The molecule has 0 bridgehead atoms. The van der Waals surface area contributed by atoms with Crippen molar-refractivity contribution < 1.29 is 9.90 Å². The first-order chi connectivity index (χ1) is 10.6. The van der Waals surface area contributed by atoms with Gasteiger partial charge in [0.05, 0.1) is 4.91 Å². The number of amides is 1. The van der Waals surface area contributed by atoms with Gasteiger partial charge in [-0.25, -0.2) is 0 Å². The van der Waals surface area contributed by atoms with Crippen LogP contribution in [0.1, 0.15) is 22.8 Å².